The van der Waals surface area contributed by atoms with Crippen LogP contribution in [0, 0.1) is 17.1 Å². The lowest BCUT2D eigenvalue weighted by Crippen LogP contribution is -2.32. The van der Waals surface area contributed by atoms with Gasteiger partial charge in [0.1, 0.15) is 11.9 Å². The number of sulfonamides is 1. The van der Waals surface area contributed by atoms with Crippen molar-refractivity contribution in [2.75, 3.05) is 11.9 Å². The van der Waals surface area contributed by atoms with Gasteiger partial charge in [-0.3, -0.25) is 9.59 Å². The Bertz CT molecular complexity index is 1030. The molecule has 2 aromatic carbocycles. The quantitative estimate of drug-likeness (QED) is 0.630. The van der Waals surface area contributed by atoms with E-state index in [-0.39, 0.29) is 29.1 Å². The molecule has 1 unspecified atom stereocenters. The van der Waals surface area contributed by atoms with Crippen molar-refractivity contribution in [2.24, 2.45) is 0 Å². The Labute approximate surface area is 167 Å². The van der Waals surface area contributed by atoms with Crippen LogP contribution in [0.25, 0.3) is 0 Å². The molecule has 152 valence electrons. The minimum absolute atomic E-state index is 0.142. The highest BCUT2D eigenvalue weighted by molar-refractivity contribution is 7.89. The average molecular weight is 419 g/mol. The third-order valence-electron chi connectivity index (χ3n) is 3.73. The van der Waals surface area contributed by atoms with Gasteiger partial charge < -0.3 is 10.1 Å². The molecule has 29 heavy (non-hydrogen) atoms. The van der Waals surface area contributed by atoms with Gasteiger partial charge in [0.15, 0.2) is 6.10 Å². The maximum Gasteiger partial charge on any atom is 0.307 e. The average Bonchev–Trinajstić information content (AvgIpc) is 2.68. The van der Waals surface area contributed by atoms with E-state index in [0.717, 1.165) is 24.3 Å². The number of esters is 1. The number of ether oxygens (including phenoxy) is 1. The van der Waals surface area contributed by atoms with Gasteiger partial charge in [-0.2, -0.15) is 5.26 Å². The van der Waals surface area contributed by atoms with Crippen LogP contribution in [0.2, 0.25) is 0 Å². The fourth-order valence-corrected chi connectivity index (χ4v) is 3.25. The van der Waals surface area contributed by atoms with Crippen molar-refractivity contribution in [1.82, 2.24) is 4.72 Å². The molecule has 0 saturated carbocycles. The largest absolute Gasteiger partial charge is 0.452 e. The van der Waals surface area contributed by atoms with Crippen molar-refractivity contribution in [3.63, 3.8) is 0 Å². The Kier molecular flexibility index (Phi) is 7.41. The van der Waals surface area contributed by atoms with Crippen LogP contribution in [0.5, 0.6) is 0 Å². The zero-order chi connectivity index (χ0) is 21.4. The van der Waals surface area contributed by atoms with Crippen LogP contribution in [0.4, 0.5) is 10.1 Å². The Morgan fingerprint density at radius 3 is 2.48 bits per heavy atom. The molecule has 0 bridgehead atoms. The number of hydrogen-bond acceptors (Lipinski definition) is 6. The zero-order valence-electron chi connectivity index (χ0n) is 15.4. The van der Waals surface area contributed by atoms with Gasteiger partial charge in [0, 0.05) is 6.54 Å². The van der Waals surface area contributed by atoms with Crippen LogP contribution in [0.1, 0.15) is 18.9 Å². The van der Waals surface area contributed by atoms with E-state index in [1.807, 2.05) is 6.07 Å². The molecule has 2 N–H and O–H groups in total. The second kappa shape index (κ2) is 9.77. The summed E-state index contributed by atoms with van der Waals surface area (Å²) in [7, 11) is -3.90. The lowest BCUT2D eigenvalue weighted by atomic mass is 10.2. The highest BCUT2D eigenvalue weighted by atomic mass is 32.2. The molecule has 0 spiro atoms. The molecule has 0 radical (unpaired) electrons. The number of para-hydroxylation sites is 1. The lowest BCUT2D eigenvalue weighted by Gasteiger charge is -2.14. The summed E-state index contributed by atoms with van der Waals surface area (Å²) in [6.45, 7) is 1.09. The molecule has 1 atom stereocenters. The van der Waals surface area contributed by atoms with E-state index in [1.54, 1.807) is 12.1 Å². The number of anilines is 1. The Balaban J connectivity index is 1.83. The standard InChI is InChI=1S/C19H18FN3O5S/c1-13(19(25)23-17-5-3-2-4-14(17)12-21)28-18(24)10-11-22-29(26,27)16-8-6-15(20)7-9-16/h2-9,13,22H,10-11H2,1H3,(H,23,25). The molecule has 2 aromatic rings. The van der Waals surface area contributed by atoms with E-state index in [0.29, 0.717) is 0 Å². The number of rotatable bonds is 8. The van der Waals surface area contributed by atoms with Gasteiger partial charge in [0.05, 0.1) is 22.6 Å². The van der Waals surface area contributed by atoms with E-state index in [1.165, 1.54) is 19.1 Å². The van der Waals surface area contributed by atoms with Gasteiger partial charge in [0.25, 0.3) is 5.91 Å². The monoisotopic (exact) mass is 419 g/mol. The predicted molar refractivity (Wildman–Crippen MR) is 102 cm³/mol. The van der Waals surface area contributed by atoms with Crippen molar-refractivity contribution >= 4 is 27.6 Å². The smallest absolute Gasteiger partial charge is 0.307 e. The van der Waals surface area contributed by atoms with Crippen molar-refractivity contribution in [2.45, 2.75) is 24.3 Å². The van der Waals surface area contributed by atoms with Gasteiger partial charge in [-0.05, 0) is 43.3 Å². The number of carbonyl (C=O) groups excluding carboxylic acids is 2. The highest BCUT2D eigenvalue weighted by Gasteiger charge is 2.20. The highest BCUT2D eigenvalue weighted by Crippen LogP contribution is 2.14. The molecule has 10 heteroatoms. The van der Waals surface area contributed by atoms with E-state index in [4.69, 9.17) is 10.00 Å². The molecule has 0 aliphatic heterocycles. The summed E-state index contributed by atoms with van der Waals surface area (Å²) >= 11 is 0. The molecular formula is C19H18FN3O5S. The minimum Gasteiger partial charge on any atom is -0.452 e. The predicted octanol–water partition coefficient (Wildman–Crippen LogP) is 1.94. The van der Waals surface area contributed by atoms with Crippen LogP contribution in [-0.2, 0) is 24.3 Å². The fraction of sp³-hybridized carbons (Fsp3) is 0.211. The molecule has 0 aromatic heterocycles. The molecule has 1 amide bonds. The van der Waals surface area contributed by atoms with Gasteiger partial charge >= 0.3 is 5.97 Å². The minimum atomic E-state index is -3.90. The summed E-state index contributed by atoms with van der Waals surface area (Å²) in [5.74, 6) is -1.99. The molecule has 0 heterocycles. The van der Waals surface area contributed by atoms with Gasteiger partial charge in [0.2, 0.25) is 10.0 Å². The van der Waals surface area contributed by atoms with Crippen LogP contribution < -0.4 is 10.0 Å². The number of halogens is 1. The molecule has 0 aliphatic rings. The summed E-state index contributed by atoms with van der Waals surface area (Å²) in [5, 5.41) is 11.5. The van der Waals surface area contributed by atoms with Crippen LogP contribution in [0.15, 0.2) is 53.4 Å². The van der Waals surface area contributed by atoms with Crippen molar-refractivity contribution in [3.8, 4) is 6.07 Å². The first kappa shape index (κ1) is 22.0. The Morgan fingerprint density at radius 1 is 1.17 bits per heavy atom. The first-order valence-electron chi connectivity index (χ1n) is 8.47. The molecule has 0 fully saturated rings. The van der Waals surface area contributed by atoms with E-state index >= 15 is 0 Å². The van der Waals surface area contributed by atoms with Crippen molar-refractivity contribution < 1.29 is 27.1 Å². The zero-order valence-corrected chi connectivity index (χ0v) is 16.2. The normalized spacial score (nSPS) is 11.9. The Hall–Kier alpha value is -3.29. The molecular weight excluding hydrogens is 401 g/mol. The number of carbonyl (C=O) groups is 2. The second-order valence-corrected chi connectivity index (χ2v) is 7.65. The topological polar surface area (TPSA) is 125 Å². The summed E-state index contributed by atoms with van der Waals surface area (Å²) < 4.78 is 44.1. The van der Waals surface area contributed by atoms with Gasteiger partial charge in [-0.25, -0.2) is 17.5 Å². The molecule has 0 aliphatic carbocycles. The van der Waals surface area contributed by atoms with Crippen molar-refractivity contribution in [3.05, 3.63) is 59.9 Å². The van der Waals surface area contributed by atoms with E-state index < -0.39 is 33.8 Å². The summed E-state index contributed by atoms with van der Waals surface area (Å²) in [6.07, 6.45) is -1.46. The summed E-state index contributed by atoms with van der Waals surface area (Å²) in [5.41, 5.74) is 0.546. The third-order valence-corrected chi connectivity index (χ3v) is 5.20. The lowest BCUT2D eigenvalue weighted by molar-refractivity contribution is -0.152. The van der Waals surface area contributed by atoms with Crippen LogP contribution in [0.3, 0.4) is 0 Å². The first-order chi connectivity index (χ1) is 13.7. The maximum atomic E-state index is 12.9. The Morgan fingerprint density at radius 2 is 1.83 bits per heavy atom. The molecule has 8 nitrogen and oxygen atoms in total. The van der Waals surface area contributed by atoms with Crippen LogP contribution >= 0.6 is 0 Å². The number of amides is 1. The summed E-state index contributed by atoms with van der Waals surface area (Å²) in [6, 6.07) is 12.5. The number of nitriles is 1. The first-order valence-corrected chi connectivity index (χ1v) is 9.96. The summed E-state index contributed by atoms with van der Waals surface area (Å²) in [4.78, 5) is 23.8. The second-order valence-electron chi connectivity index (χ2n) is 5.88. The molecule has 2 rings (SSSR count). The maximum absolute atomic E-state index is 12.9. The van der Waals surface area contributed by atoms with Gasteiger partial charge in [-0.15, -0.1) is 0 Å². The third kappa shape index (κ3) is 6.38. The fourth-order valence-electron chi connectivity index (χ4n) is 2.22. The van der Waals surface area contributed by atoms with Crippen LogP contribution in [-0.4, -0.2) is 32.9 Å². The number of nitrogens with one attached hydrogen (secondary N) is 2. The molecule has 0 saturated heterocycles. The van der Waals surface area contributed by atoms with E-state index in [2.05, 4.69) is 10.0 Å². The number of benzene rings is 2. The SMILES string of the molecule is CC(OC(=O)CCNS(=O)(=O)c1ccc(F)cc1)C(=O)Nc1ccccc1C#N. The number of hydrogen-bond donors (Lipinski definition) is 2. The van der Waals surface area contributed by atoms with E-state index in [9.17, 15) is 22.4 Å². The van der Waals surface area contributed by atoms with Crippen molar-refractivity contribution in [1.29, 1.82) is 5.26 Å². The number of nitrogens with zero attached hydrogens (tertiary/aromatic N) is 1. The van der Waals surface area contributed by atoms with Gasteiger partial charge in [-0.1, -0.05) is 12.1 Å².